The van der Waals surface area contributed by atoms with Crippen molar-refractivity contribution in [1.29, 1.82) is 0 Å². The van der Waals surface area contributed by atoms with Crippen molar-refractivity contribution < 1.29 is 9.53 Å². The minimum absolute atomic E-state index is 0.0396. The number of anilines is 1. The molecule has 0 spiro atoms. The summed E-state index contributed by atoms with van der Waals surface area (Å²) in [6, 6.07) is 5.72. The lowest BCUT2D eigenvalue weighted by molar-refractivity contribution is -0.118. The topological polar surface area (TPSA) is 64.1 Å². The number of hydrogen-bond donors (Lipinski definition) is 1. The summed E-state index contributed by atoms with van der Waals surface area (Å²) in [5.74, 6) is 0.440. The van der Waals surface area contributed by atoms with Gasteiger partial charge < -0.3 is 4.74 Å². The van der Waals surface area contributed by atoms with Gasteiger partial charge in [-0.05, 0) is 37.1 Å². The van der Waals surface area contributed by atoms with E-state index >= 15 is 0 Å². The van der Waals surface area contributed by atoms with E-state index in [0.29, 0.717) is 10.9 Å². The third-order valence-electron chi connectivity index (χ3n) is 2.45. The van der Waals surface area contributed by atoms with E-state index in [1.165, 1.54) is 16.9 Å². The van der Waals surface area contributed by atoms with Crippen LogP contribution in [0.15, 0.2) is 23.7 Å². The molecule has 0 unspecified atom stereocenters. The number of amides is 1. The highest BCUT2D eigenvalue weighted by atomic mass is 32.1. The number of ether oxygens (including phenoxy) is 1. The average Bonchev–Trinajstić information content (AvgIpc) is 2.83. The first-order valence-corrected chi connectivity index (χ1v) is 6.29. The van der Waals surface area contributed by atoms with Crippen LogP contribution in [0.3, 0.4) is 0 Å². The predicted molar refractivity (Wildman–Crippen MR) is 69.9 cm³/mol. The van der Waals surface area contributed by atoms with E-state index in [-0.39, 0.29) is 12.5 Å². The van der Waals surface area contributed by atoms with Gasteiger partial charge in [0, 0.05) is 0 Å². The molecule has 0 saturated heterocycles. The molecule has 2 rings (SSSR count). The standard InChI is InChI=1S/C12H13N3O2S/c1-8-3-4-10(5-9(8)2)17-6-11(16)14-12-15-13-7-18-12/h3-5,7H,6H2,1-2H3,(H,14,15,16). The molecule has 0 aliphatic heterocycles. The van der Waals surface area contributed by atoms with E-state index in [2.05, 4.69) is 15.5 Å². The van der Waals surface area contributed by atoms with Crippen LogP contribution < -0.4 is 10.1 Å². The van der Waals surface area contributed by atoms with E-state index in [4.69, 9.17) is 4.74 Å². The highest BCUT2D eigenvalue weighted by Gasteiger charge is 2.06. The number of carbonyl (C=O) groups is 1. The second-order valence-corrected chi connectivity index (χ2v) is 4.66. The second-order valence-electron chi connectivity index (χ2n) is 3.83. The summed E-state index contributed by atoms with van der Waals surface area (Å²) >= 11 is 1.27. The van der Waals surface area contributed by atoms with Gasteiger partial charge in [-0.1, -0.05) is 17.4 Å². The second kappa shape index (κ2) is 5.59. The summed E-state index contributed by atoms with van der Waals surface area (Å²) in [5, 5.41) is 10.4. The fourth-order valence-electron chi connectivity index (χ4n) is 1.34. The van der Waals surface area contributed by atoms with Crippen molar-refractivity contribution in [2.75, 3.05) is 11.9 Å². The number of hydrogen-bond acceptors (Lipinski definition) is 5. The van der Waals surface area contributed by atoms with Gasteiger partial charge in [0.1, 0.15) is 11.3 Å². The molecule has 1 amide bonds. The minimum atomic E-state index is -0.245. The van der Waals surface area contributed by atoms with Crippen molar-refractivity contribution in [3.8, 4) is 5.75 Å². The van der Waals surface area contributed by atoms with Crippen LogP contribution in [-0.2, 0) is 4.79 Å². The lowest BCUT2D eigenvalue weighted by Gasteiger charge is -2.07. The van der Waals surface area contributed by atoms with Crippen molar-refractivity contribution in [1.82, 2.24) is 10.2 Å². The summed E-state index contributed by atoms with van der Waals surface area (Å²) in [4.78, 5) is 11.5. The van der Waals surface area contributed by atoms with Crippen LogP contribution in [0, 0.1) is 13.8 Å². The zero-order chi connectivity index (χ0) is 13.0. The maximum absolute atomic E-state index is 11.5. The number of aryl methyl sites for hydroxylation is 2. The van der Waals surface area contributed by atoms with E-state index in [1.54, 1.807) is 5.51 Å². The first kappa shape index (κ1) is 12.5. The van der Waals surface area contributed by atoms with Crippen LogP contribution in [-0.4, -0.2) is 22.7 Å². The third-order valence-corrected chi connectivity index (χ3v) is 3.06. The van der Waals surface area contributed by atoms with Gasteiger partial charge in [0.25, 0.3) is 5.91 Å². The number of benzene rings is 1. The smallest absolute Gasteiger partial charge is 0.264 e. The Hall–Kier alpha value is -1.95. The molecule has 0 saturated carbocycles. The zero-order valence-corrected chi connectivity index (χ0v) is 11.0. The van der Waals surface area contributed by atoms with Gasteiger partial charge in [-0.15, -0.1) is 10.2 Å². The van der Waals surface area contributed by atoms with Crippen molar-refractivity contribution >= 4 is 22.4 Å². The molecule has 0 aliphatic carbocycles. The third kappa shape index (κ3) is 3.27. The minimum Gasteiger partial charge on any atom is -0.484 e. The molecular formula is C12H13N3O2S. The van der Waals surface area contributed by atoms with E-state index in [9.17, 15) is 4.79 Å². The Balaban J connectivity index is 1.87. The molecule has 1 heterocycles. The first-order valence-electron chi connectivity index (χ1n) is 5.41. The highest BCUT2D eigenvalue weighted by molar-refractivity contribution is 7.13. The molecule has 5 nitrogen and oxygen atoms in total. The average molecular weight is 263 g/mol. The lowest BCUT2D eigenvalue weighted by Crippen LogP contribution is -2.20. The molecule has 94 valence electrons. The molecule has 0 bridgehead atoms. The van der Waals surface area contributed by atoms with Crippen LogP contribution >= 0.6 is 11.3 Å². The molecule has 1 N–H and O–H groups in total. The Kier molecular flexibility index (Phi) is 3.88. The molecule has 0 fully saturated rings. The largest absolute Gasteiger partial charge is 0.484 e. The van der Waals surface area contributed by atoms with Crippen LogP contribution in [0.2, 0.25) is 0 Å². The van der Waals surface area contributed by atoms with Crippen LogP contribution in [0.1, 0.15) is 11.1 Å². The van der Waals surface area contributed by atoms with Gasteiger partial charge in [0.05, 0.1) is 0 Å². The van der Waals surface area contributed by atoms with Crippen molar-refractivity contribution in [3.63, 3.8) is 0 Å². The van der Waals surface area contributed by atoms with Crippen molar-refractivity contribution in [3.05, 3.63) is 34.8 Å². The molecule has 0 atom stereocenters. The Morgan fingerprint density at radius 2 is 2.22 bits per heavy atom. The summed E-state index contributed by atoms with van der Waals surface area (Å²) in [5.41, 5.74) is 3.89. The maximum Gasteiger partial charge on any atom is 0.264 e. The monoisotopic (exact) mass is 263 g/mol. The van der Waals surface area contributed by atoms with Crippen LogP contribution in [0.5, 0.6) is 5.75 Å². The molecule has 0 aliphatic rings. The lowest BCUT2D eigenvalue weighted by atomic mass is 10.1. The molecule has 2 aromatic rings. The molecular weight excluding hydrogens is 250 g/mol. The number of nitrogens with zero attached hydrogens (tertiary/aromatic N) is 2. The van der Waals surface area contributed by atoms with Gasteiger partial charge in [0.2, 0.25) is 5.13 Å². The summed E-state index contributed by atoms with van der Waals surface area (Å²) in [6.07, 6.45) is 0. The van der Waals surface area contributed by atoms with Gasteiger partial charge in [0.15, 0.2) is 6.61 Å². The van der Waals surface area contributed by atoms with Gasteiger partial charge in [-0.25, -0.2) is 0 Å². The fraction of sp³-hybridized carbons (Fsp3) is 0.250. The Morgan fingerprint density at radius 3 is 2.89 bits per heavy atom. The van der Waals surface area contributed by atoms with E-state index < -0.39 is 0 Å². The van der Waals surface area contributed by atoms with Gasteiger partial charge in [-0.3, -0.25) is 10.1 Å². The Morgan fingerprint density at radius 1 is 1.39 bits per heavy atom. The molecule has 18 heavy (non-hydrogen) atoms. The molecule has 0 radical (unpaired) electrons. The van der Waals surface area contributed by atoms with Crippen LogP contribution in [0.25, 0.3) is 0 Å². The zero-order valence-electron chi connectivity index (χ0n) is 10.1. The number of carbonyl (C=O) groups excluding carboxylic acids is 1. The Labute approximate surface area is 109 Å². The highest BCUT2D eigenvalue weighted by Crippen LogP contribution is 2.16. The number of aromatic nitrogens is 2. The number of nitrogens with one attached hydrogen (secondary N) is 1. The molecule has 6 heteroatoms. The predicted octanol–water partition coefficient (Wildman–Crippen LogP) is 2.17. The number of rotatable bonds is 4. The molecule has 1 aromatic heterocycles. The summed E-state index contributed by atoms with van der Waals surface area (Å²) in [7, 11) is 0. The normalized spacial score (nSPS) is 10.1. The van der Waals surface area contributed by atoms with E-state index in [0.717, 1.165) is 5.56 Å². The van der Waals surface area contributed by atoms with Crippen molar-refractivity contribution in [2.24, 2.45) is 0 Å². The summed E-state index contributed by atoms with van der Waals surface area (Å²) < 4.78 is 5.40. The SMILES string of the molecule is Cc1ccc(OCC(=O)Nc2nncs2)cc1C. The first-order chi connectivity index (χ1) is 8.65. The molecule has 1 aromatic carbocycles. The van der Waals surface area contributed by atoms with E-state index in [1.807, 2.05) is 32.0 Å². The van der Waals surface area contributed by atoms with Crippen LogP contribution in [0.4, 0.5) is 5.13 Å². The Bertz CT molecular complexity index is 540. The van der Waals surface area contributed by atoms with Crippen molar-refractivity contribution in [2.45, 2.75) is 13.8 Å². The van der Waals surface area contributed by atoms with Gasteiger partial charge in [-0.2, -0.15) is 0 Å². The van der Waals surface area contributed by atoms with Gasteiger partial charge >= 0.3 is 0 Å². The fourth-order valence-corrected chi connectivity index (χ4v) is 1.80. The quantitative estimate of drug-likeness (QED) is 0.918. The maximum atomic E-state index is 11.5. The summed E-state index contributed by atoms with van der Waals surface area (Å²) in [6.45, 7) is 3.99.